The van der Waals surface area contributed by atoms with E-state index in [-0.39, 0.29) is 17.9 Å². The van der Waals surface area contributed by atoms with Crippen LogP contribution in [0.15, 0.2) is 72.8 Å². The summed E-state index contributed by atoms with van der Waals surface area (Å²) in [7, 11) is 1.67. The highest BCUT2D eigenvalue weighted by Gasteiger charge is 2.41. The molecule has 3 aromatic rings. The second kappa shape index (κ2) is 9.80. The Bertz CT molecular complexity index is 1130. The smallest absolute Gasteiger partial charge is 0.225 e. The number of amides is 1. The molecule has 34 heavy (non-hydrogen) atoms. The first-order valence-corrected chi connectivity index (χ1v) is 12.2. The van der Waals surface area contributed by atoms with Gasteiger partial charge in [0.05, 0.1) is 19.1 Å². The molecule has 3 aromatic carbocycles. The summed E-state index contributed by atoms with van der Waals surface area (Å²) < 4.78 is 5.24. The van der Waals surface area contributed by atoms with Crippen LogP contribution in [-0.2, 0) is 17.6 Å². The predicted molar refractivity (Wildman–Crippen MR) is 138 cm³/mol. The third-order valence-corrected chi connectivity index (χ3v) is 7.23. The molecule has 0 bridgehead atoms. The highest BCUT2D eigenvalue weighted by Crippen LogP contribution is 2.37. The zero-order valence-electron chi connectivity index (χ0n) is 20.0. The minimum Gasteiger partial charge on any atom is -0.497 e. The Morgan fingerprint density at radius 2 is 1.76 bits per heavy atom. The minimum atomic E-state index is -0.0704. The Morgan fingerprint density at radius 1 is 1.00 bits per heavy atom. The summed E-state index contributed by atoms with van der Waals surface area (Å²) in [5.41, 5.74) is 6.27. The van der Waals surface area contributed by atoms with E-state index in [9.17, 15) is 4.79 Å². The Hall–Kier alpha value is -3.47. The average Bonchev–Trinajstić information content (AvgIpc) is 2.88. The Balaban J connectivity index is 1.31. The lowest BCUT2D eigenvalue weighted by atomic mass is 9.83. The molecule has 0 aromatic heterocycles. The van der Waals surface area contributed by atoms with Gasteiger partial charge in [-0.2, -0.15) is 0 Å². The summed E-state index contributed by atoms with van der Waals surface area (Å²) in [6.07, 6.45) is 1.59. The third-order valence-electron chi connectivity index (χ3n) is 7.23. The molecular formula is C29H33N3O2. The van der Waals surface area contributed by atoms with Gasteiger partial charge in [0.1, 0.15) is 5.75 Å². The average molecular weight is 456 g/mol. The monoisotopic (exact) mass is 455 g/mol. The number of aryl methyl sites for hydroxylation is 1. The molecule has 2 aliphatic rings. The van der Waals surface area contributed by atoms with Gasteiger partial charge in [0, 0.05) is 37.6 Å². The molecule has 1 saturated heterocycles. The molecule has 0 aliphatic carbocycles. The van der Waals surface area contributed by atoms with E-state index in [2.05, 4.69) is 82.7 Å². The number of nitrogens with one attached hydrogen (secondary N) is 1. The van der Waals surface area contributed by atoms with Crippen molar-refractivity contribution in [2.24, 2.45) is 5.92 Å². The standard InChI is InChI=1S/C29H33N3O2/c1-21-7-11-24(12-8-21)31-17-18-32-27-6-4-3-5-23(27)19-26(28(32)20-31)29(33)30-16-15-22-9-13-25(34-2)14-10-22/h3-14,26,28H,15-20H2,1-2H3,(H,30,33)/t26-,28-/m0/s1. The molecule has 176 valence electrons. The molecule has 0 radical (unpaired) electrons. The van der Waals surface area contributed by atoms with Crippen LogP contribution in [0, 0.1) is 12.8 Å². The fourth-order valence-corrected chi connectivity index (χ4v) is 5.30. The van der Waals surface area contributed by atoms with Gasteiger partial charge in [-0.3, -0.25) is 4.79 Å². The number of rotatable bonds is 6. The van der Waals surface area contributed by atoms with Gasteiger partial charge in [-0.05, 0) is 61.2 Å². The van der Waals surface area contributed by atoms with Crippen LogP contribution in [0.3, 0.4) is 0 Å². The van der Waals surface area contributed by atoms with E-state index in [0.29, 0.717) is 6.54 Å². The summed E-state index contributed by atoms with van der Waals surface area (Å²) in [5.74, 6) is 0.937. The van der Waals surface area contributed by atoms with Gasteiger partial charge >= 0.3 is 0 Å². The fourth-order valence-electron chi connectivity index (χ4n) is 5.30. The predicted octanol–water partition coefficient (Wildman–Crippen LogP) is 4.23. The zero-order chi connectivity index (χ0) is 23.5. The molecule has 1 fully saturated rings. The van der Waals surface area contributed by atoms with Crippen LogP contribution in [0.4, 0.5) is 11.4 Å². The van der Waals surface area contributed by atoms with Crippen molar-refractivity contribution in [2.75, 3.05) is 43.1 Å². The van der Waals surface area contributed by atoms with E-state index in [1.165, 1.54) is 28.1 Å². The number of benzene rings is 3. The second-order valence-corrected chi connectivity index (χ2v) is 9.37. The number of nitrogens with zero attached hydrogens (tertiary/aromatic N) is 2. The van der Waals surface area contributed by atoms with Gasteiger partial charge in [0.15, 0.2) is 0 Å². The van der Waals surface area contributed by atoms with E-state index in [1.807, 2.05) is 12.1 Å². The van der Waals surface area contributed by atoms with Crippen LogP contribution < -0.4 is 19.9 Å². The number of hydrogen-bond acceptors (Lipinski definition) is 4. The van der Waals surface area contributed by atoms with E-state index in [0.717, 1.165) is 38.2 Å². The van der Waals surface area contributed by atoms with Crippen LogP contribution in [-0.4, -0.2) is 45.2 Å². The van der Waals surface area contributed by atoms with Crippen LogP contribution >= 0.6 is 0 Å². The second-order valence-electron chi connectivity index (χ2n) is 9.37. The highest BCUT2D eigenvalue weighted by molar-refractivity contribution is 5.82. The molecule has 2 heterocycles. The van der Waals surface area contributed by atoms with Crippen molar-refractivity contribution in [3.05, 3.63) is 89.5 Å². The number of carbonyl (C=O) groups is 1. The van der Waals surface area contributed by atoms with Gasteiger partial charge in [-0.25, -0.2) is 0 Å². The van der Waals surface area contributed by atoms with E-state index in [4.69, 9.17) is 4.74 Å². The van der Waals surface area contributed by atoms with Crippen molar-refractivity contribution in [3.63, 3.8) is 0 Å². The van der Waals surface area contributed by atoms with Gasteiger partial charge in [-0.1, -0.05) is 48.0 Å². The Labute approximate surface area is 202 Å². The van der Waals surface area contributed by atoms with Crippen molar-refractivity contribution in [1.29, 1.82) is 0 Å². The Morgan fingerprint density at radius 3 is 2.53 bits per heavy atom. The van der Waals surface area contributed by atoms with Gasteiger partial charge < -0.3 is 19.9 Å². The fraction of sp³-hybridized carbons (Fsp3) is 0.345. The highest BCUT2D eigenvalue weighted by atomic mass is 16.5. The molecule has 5 heteroatoms. The van der Waals surface area contributed by atoms with Gasteiger partial charge in [0.25, 0.3) is 0 Å². The van der Waals surface area contributed by atoms with Gasteiger partial charge in [0.2, 0.25) is 5.91 Å². The molecule has 5 rings (SSSR count). The Kier molecular flexibility index (Phi) is 6.43. The van der Waals surface area contributed by atoms with Crippen molar-refractivity contribution in [2.45, 2.75) is 25.8 Å². The molecule has 5 nitrogen and oxygen atoms in total. The van der Waals surface area contributed by atoms with Crippen LogP contribution in [0.2, 0.25) is 0 Å². The maximum absolute atomic E-state index is 13.5. The lowest BCUT2D eigenvalue weighted by Gasteiger charge is -2.49. The van der Waals surface area contributed by atoms with Crippen molar-refractivity contribution in [3.8, 4) is 5.75 Å². The number of hydrogen-bond donors (Lipinski definition) is 1. The number of fused-ring (bicyclic) bond motifs is 3. The molecule has 0 saturated carbocycles. The lowest BCUT2D eigenvalue weighted by Crippen LogP contribution is -2.61. The SMILES string of the molecule is COc1ccc(CCNC(=O)[C@H]2Cc3ccccc3N3CCN(c4ccc(C)cc4)C[C@@H]23)cc1. The molecule has 0 unspecified atom stereocenters. The van der Waals surface area contributed by atoms with E-state index in [1.54, 1.807) is 7.11 Å². The quantitative estimate of drug-likeness (QED) is 0.604. The van der Waals surface area contributed by atoms with Crippen molar-refractivity contribution in [1.82, 2.24) is 5.32 Å². The first-order valence-electron chi connectivity index (χ1n) is 12.2. The maximum Gasteiger partial charge on any atom is 0.225 e. The molecule has 1 N–H and O–H groups in total. The summed E-state index contributed by atoms with van der Waals surface area (Å²) in [6.45, 7) is 5.49. The maximum atomic E-state index is 13.5. The number of piperazine rings is 1. The molecule has 2 atom stereocenters. The molecule has 0 spiro atoms. The summed E-state index contributed by atoms with van der Waals surface area (Å²) >= 11 is 0. The number of anilines is 2. The number of ether oxygens (including phenoxy) is 1. The third kappa shape index (κ3) is 4.60. The number of para-hydroxylation sites is 1. The van der Waals surface area contributed by atoms with Crippen LogP contribution in [0.1, 0.15) is 16.7 Å². The normalized spacial score (nSPS) is 19.2. The summed E-state index contributed by atoms with van der Waals surface area (Å²) in [5, 5.41) is 3.24. The minimum absolute atomic E-state index is 0.0704. The molecular weight excluding hydrogens is 422 g/mol. The summed E-state index contributed by atoms with van der Waals surface area (Å²) in [4.78, 5) is 18.4. The largest absolute Gasteiger partial charge is 0.497 e. The van der Waals surface area contributed by atoms with Gasteiger partial charge in [-0.15, -0.1) is 0 Å². The first kappa shape index (κ1) is 22.3. The molecule has 2 aliphatic heterocycles. The summed E-state index contributed by atoms with van der Waals surface area (Å²) in [6, 6.07) is 25.5. The zero-order valence-corrected chi connectivity index (χ0v) is 20.0. The number of methoxy groups -OCH3 is 1. The van der Waals surface area contributed by atoms with Crippen LogP contribution in [0.5, 0.6) is 5.75 Å². The van der Waals surface area contributed by atoms with Crippen molar-refractivity contribution >= 4 is 17.3 Å². The topological polar surface area (TPSA) is 44.8 Å². The van der Waals surface area contributed by atoms with E-state index < -0.39 is 0 Å². The molecule has 1 amide bonds. The van der Waals surface area contributed by atoms with Crippen LogP contribution in [0.25, 0.3) is 0 Å². The van der Waals surface area contributed by atoms with E-state index >= 15 is 0 Å². The first-order chi connectivity index (χ1) is 16.6. The number of carbonyl (C=O) groups excluding carboxylic acids is 1. The van der Waals surface area contributed by atoms with Crippen molar-refractivity contribution < 1.29 is 9.53 Å². The lowest BCUT2D eigenvalue weighted by molar-refractivity contribution is -0.125.